The number of nitrogens with zero attached hydrogens (tertiary/aromatic N) is 4. The molecule has 0 fully saturated rings. The number of carbonyl (C=O) groups excluding carboxylic acids is 1. The molecule has 25 heavy (non-hydrogen) atoms. The molecule has 1 amide bonds. The van der Waals surface area contributed by atoms with Crippen LogP contribution >= 0.6 is 23.3 Å². The Morgan fingerprint density at radius 3 is 2.92 bits per heavy atom. The van der Waals surface area contributed by atoms with Gasteiger partial charge in [-0.1, -0.05) is 17.7 Å². The van der Waals surface area contributed by atoms with E-state index in [1.165, 1.54) is 11.1 Å². The van der Waals surface area contributed by atoms with E-state index in [4.69, 9.17) is 11.6 Å². The Kier molecular flexibility index (Phi) is 4.10. The molecule has 0 saturated carbocycles. The second-order valence-corrected chi connectivity index (χ2v) is 6.70. The summed E-state index contributed by atoms with van der Waals surface area (Å²) in [6, 6.07) is 10.4. The minimum atomic E-state index is -0.0981. The van der Waals surface area contributed by atoms with Crippen molar-refractivity contribution in [2.75, 3.05) is 6.54 Å². The van der Waals surface area contributed by atoms with E-state index in [0.29, 0.717) is 29.3 Å². The highest BCUT2D eigenvalue weighted by atomic mass is 35.5. The monoisotopic (exact) mass is 372 g/mol. The van der Waals surface area contributed by atoms with Gasteiger partial charge in [0.05, 0.1) is 30.4 Å². The van der Waals surface area contributed by atoms with Gasteiger partial charge in [0.2, 0.25) is 5.91 Å². The van der Waals surface area contributed by atoms with Crippen LogP contribution in [0.4, 0.5) is 0 Å². The topological polar surface area (TPSA) is 78.7 Å². The molecule has 1 aliphatic rings. The number of phenolic OH excluding ortho intramolecular Hbond substituents is 1. The average molecular weight is 373 g/mol. The fourth-order valence-electron chi connectivity index (χ4n) is 2.77. The van der Waals surface area contributed by atoms with Crippen LogP contribution in [0.15, 0.2) is 41.5 Å². The number of fused-ring (bicyclic) bond motifs is 1. The van der Waals surface area contributed by atoms with Gasteiger partial charge >= 0.3 is 0 Å². The first-order valence-corrected chi connectivity index (χ1v) is 8.79. The zero-order valence-corrected chi connectivity index (χ0v) is 14.6. The van der Waals surface area contributed by atoms with Crippen molar-refractivity contribution in [3.63, 3.8) is 0 Å². The number of halogens is 1. The zero-order chi connectivity index (χ0) is 17.4. The van der Waals surface area contributed by atoms with Crippen LogP contribution in [0.25, 0.3) is 11.0 Å². The predicted octanol–water partition coefficient (Wildman–Crippen LogP) is 3.23. The number of aromatic hydroxyl groups is 1. The molecular weight excluding hydrogens is 360 g/mol. The quantitative estimate of drug-likeness (QED) is 0.765. The lowest BCUT2D eigenvalue weighted by molar-refractivity contribution is -0.130. The lowest BCUT2D eigenvalue weighted by atomic mass is 10.1. The van der Waals surface area contributed by atoms with Crippen LogP contribution in [-0.4, -0.2) is 37.0 Å². The van der Waals surface area contributed by atoms with Crippen molar-refractivity contribution in [1.82, 2.24) is 13.8 Å². The molecule has 6 nitrogen and oxygen atoms in total. The maximum atomic E-state index is 12.5. The molecule has 0 unspecified atom stereocenters. The van der Waals surface area contributed by atoms with Crippen LogP contribution in [0, 0.1) is 0 Å². The summed E-state index contributed by atoms with van der Waals surface area (Å²) in [7, 11) is 0. The number of carbonyl (C=O) groups is 1. The third kappa shape index (κ3) is 3.20. The van der Waals surface area contributed by atoms with Gasteiger partial charge in [-0.25, -0.2) is 5.01 Å². The molecule has 4 rings (SSSR count). The summed E-state index contributed by atoms with van der Waals surface area (Å²) in [5.41, 5.74) is 3.73. The number of amides is 1. The van der Waals surface area contributed by atoms with E-state index < -0.39 is 0 Å². The molecular formula is C17H13ClN4O2S. The fourth-order valence-corrected chi connectivity index (χ4v) is 3.46. The van der Waals surface area contributed by atoms with E-state index in [2.05, 4.69) is 13.8 Å². The highest BCUT2D eigenvalue weighted by molar-refractivity contribution is 7.00. The Bertz CT molecular complexity index is 1000. The summed E-state index contributed by atoms with van der Waals surface area (Å²) in [6.45, 7) is 0.487. The van der Waals surface area contributed by atoms with Crippen molar-refractivity contribution in [1.29, 1.82) is 0 Å². The van der Waals surface area contributed by atoms with Crippen LogP contribution < -0.4 is 0 Å². The van der Waals surface area contributed by atoms with Crippen molar-refractivity contribution in [3.8, 4) is 5.75 Å². The van der Waals surface area contributed by atoms with E-state index in [0.717, 1.165) is 28.3 Å². The third-order valence-electron chi connectivity index (χ3n) is 4.03. The minimum Gasteiger partial charge on any atom is -0.507 e. The summed E-state index contributed by atoms with van der Waals surface area (Å²) >= 11 is 7.14. The third-order valence-corrected chi connectivity index (χ3v) is 4.82. The molecule has 0 radical (unpaired) electrons. The number of phenols is 1. The number of benzene rings is 2. The molecule has 3 aromatic rings. The van der Waals surface area contributed by atoms with Crippen molar-refractivity contribution < 1.29 is 9.90 Å². The van der Waals surface area contributed by atoms with Crippen molar-refractivity contribution in [3.05, 3.63) is 52.5 Å². The Balaban J connectivity index is 1.53. The molecule has 1 aliphatic heterocycles. The number of rotatable bonds is 3. The van der Waals surface area contributed by atoms with Crippen molar-refractivity contribution in [2.45, 2.75) is 12.8 Å². The smallest absolute Gasteiger partial charge is 0.247 e. The molecule has 0 bridgehead atoms. The van der Waals surface area contributed by atoms with Crippen molar-refractivity contribution >= 4 is 46.0 Å². The highest BCUT2D eigenvalue weighted by Gasteiger charge is 2.23. The van der Waals surface area contributed by atoms with Crippen LogP contribution in [0.1, 0.15) is 17.5 Å². The SMILES string of the molecule is O=C(Cc1ccc2nsnc2c1)N1CCC(c2cc(Cl)ccc2O)=N1. The van der Waals surface area contributed by atoms with Gasteiger partial charge in [0, 0.05) is 17.0 Å². The maximum Gasteiger partial charge on any atom is 0.247 e. The first-order valence-electron chi connectivity index (χ1n) is 7.68. The number of hydrogen-bond donors (Lipinski definition) is 1. The summed E-state index contributed by atoms with van der Waals surface area (Å²) < 4.78 is 8.35. The molecule has 2 heterocycles. The van der Waals surface area contributed by atoms with Crippen LogP contribution in [0.5, 0.6) is 5.75 Å². The van der Waals surface area contributed by atoms with Crippen LogP contribution in [0.2, 0.25) is 5.02 Å². The molecule has 0 spiro atoms. The Hall–Kier alpha value is -2.51. The van der Waals surface area contributed by atoms with Gasteiger partial charge in [-0.05, 0) is 35.9 Å². The Morgan fingerprint density at radius 1 is 1.20 bits per heavy atom. The van der Waals surface area contributed by atoms with Gasteiger partial charge in [-0.15, -0.1) is 0 Å². The second-order valence-electron chi connectivity index (χ2n) is 5.74. The second kappa shape index (κ2) is 6.42. The largest absolute Gasteiger partial charge is 0.507 e. The highest BCUT2D eigenvalue weighted by Crippen LogP contribution is 2.26. The molecule has 0 aliphatic carbocycles. The van der Waals surface area contributed by atoms with Gasteiger partial charge < -0.3 is 5.11 Å². The van der Waals surface area contributed by atoms with Gasteiger partial charge in [0.15, 0.2) is 0 Å². The van der Waals surface area contributed by atoms with E-state index in [1.807, 2.05) is 18.2 Å². The van der Waals surface area contributed by atoms with Crippen LogP contribution in [-0.2, 0) is 11.2 Å². The molecule has 2 aromatic carbocycles. The normalized spacial score (nSPS) is 14.1. The van der Waals surface area contributed by atoms with Gasteiger partial charge in [0.1, 0.15) is 16.8 Å². The van der Waals surface area contributed by atoms with Crippen molar-refractivity contribution in [2.24, 2.45) is 5.10 Å². The maximum absolute atomic E-state index is 12.5. The number of hydrogen-bond acceptors (Lipinski definition) is 6. The molecule has 8 heteroatoms. The summed E-state index contributed by atoms with van der Waals surface area (Å²) in [5.74, 6) is 0.0120. The summed E-state index contributed by atoms with van der Waals surface area (Å²) in [4.78, 5) is 12.5. The Morgan fingerprint density at radius 2 is 2.04 bits per heavy atom. The lowest BCUT2D eigenvalue weighted by Crippen LogP contribution is -2.25. The number of hydrazone groups is 1. The Labute approximate surface area is 152 Å². The molecule has 0 saturated heterocycles. The van der Waals surface area contributed by atoms with E-state index in [-0.39, 0.29) is 18.1 Å². The zero-order valence-electron chi connectivity index (χ0n) is 13.0. The van der Waals surface area contributed by atoms with E-state index in [9.17, 15) is 9.90 Å². The average Bonchev–Trinajstić information content (AvgIpc) is 3.25. The first-order chi connectivity index (χ1) is 12.1. The standard InChI is InChI=1S/C17H13ClN4O2S/c18-11-2-4-16(23)12(9-11)13-5-6-22(19-13)17(24)8-10-1-3-14-15(7-10)21-25-20-14/h1-4,7,9,23H,5-6,8H2. The van der Waals surface area contributed by atoms with E-state index in [1.54, 1.807) is 12.1 Å². The number of aromatic nitrogens is 2. The summed E-state index contributed by atoms with van der Waals surface area (Å²) in [5, 5.41) is 16.3. The fraction of sp³-hybridized carbons (Fsp3) is 0.176. The van der Waals surface area contributed by atoms with Gasteiger partial charge in [-0.3, -0.25) is 4.79 Å². The van der Waals surface area contributed by atoms with Gasteiger partial charge in [0.25, 0.3) is 0 Å². The minimum absolute atomic E-state index is 0.0981. The van der Waals surface area contributed by atoms with Crippen LogP contribution in [0.3, 0.4) is 0 Å². The molecule has 1 aromatic heterocycles. The lowest BCUT2D eigenvalue weighted by Gasteiger charge is -2.11. The van der Waals surface area contributed by atoms with Gasteiger partial charge in [-0.2, -0.15) is 13.8 Å². The van der Waals surface area contributed by atoms with E-state index >= 15 is 0 Å². The molecule has 0 atom stereocenters. The molecule has 126 valence electrons. The first kappa shape index (κ1) is 16.0. The molecule has 1 N–H and O–H groups in total. The predicted molar refractivity (Wildman–Crippen MR) is 97.1 cm³/mol. The summed E-state index contributed by atoms with van der Waals surface area (Å²) in [6.07, 6.45) is 0.820.